The number of primary amides is 1. The van der Waals surface area contributed by atoms with Crippen molar-refractivity contribution in [3.8, 4) is 5.75 Å². The van der Waals surface area contributed by atoms with E-state index in [9.17, 15) is 24.3 Å². The number of rotatable bonds is 11. The first kappa shape index (κ1) is 27.9. The Kier molecular flexibility index (Phi) is 9.50. The van der Waals surface area contributed by atoms with Crippen LogP contribution in [0.15, 0.2) is 24.3 Å². The number of benzene rings is 1. The molecule has 194 valence electrons. The smallest absolute Gasteiger partial charge is 0.408 e. The van der Waals surface area contributed by atoms with E-state index in [1.807, 2.05) is 13.8 Å². The van der Waals surface area contributed by atoms with Crippen molar-refractivity contribution in [1.82, 2.24) is 15.5 Å². The van der Waals surface area contributed by atoms with Crippen molar-refractivity contribution in [3.63, 3.8) is 0 Å². The quantitative estimate of drug-likeness (QED) is 0.374. The maximum Gasteiger partial charge on any atom is 0.408 e. The Morgan fingerprint density at radius 1 is 1.20 bits per heavy atom. The molecular formula is C25H38N4O6. The Labute approximate surface area is 206 Å². The third-order valence-electron chi connectivity index (χ3n) is 5.41. The molecule has 1 saturated carbocycles. The van der Waals surface area contributed by atoms with E-state index in [0.717, 1.165) is 12.8 Å². The van der Waals surface area contributed by atoms with Gasteiger partial charge in [0.25, 0.3) is 0 Å². The van der Waals surface area contributed by atoms with E-state index >= 15 is 0 Å². The average Bonchev–Trinajstić information content (AvgIpc) is 3.54. The minimum atomic E-state index is -1.32. The molecular weight excluding hydrogens is 452 g/mol. The van der Waals surface area contributed by atoms with Gasteiger partial charge in [-0.25, -0.2) is 4.79 Å². The second-order valence-corrected chi connectivity index (χ2v) is 10.0. The highest BCUT2D eigenvalue weighted by molar-refractivity contribution is 5.95. The van der Waals surface area contributed by atoms with E-state index < -0.39 is 47.9 Å². The summed E-state index contributed by atoms with van der Waals surface area (Å²) in [5, 5.41) is 15.5. The SMILES string of the molecule is CCCC(C)NC(=O)C(c1cccc(O)c1)N(C(=O)C(CC(N)=O)NC(=O)OC(C)(C)C)C1CC1. The van der Waals surface area contributed by atoms with E-state index in [1.165, 1.54) is 17.0 Å². The van der Waals surface area contributed by atoms with Crippen LogP contribution in [0.5, 0.6) is 5.75 Å². The molecule has 35 heavy (non-hydrogen) atoms. The number of hydrogen-bond acceptors (Lipinski definition) is 6. The number of carbonyl (C=O) groups excluding carboxylic acids is 4. The molecule has 0 aliphatic heterocycles. The summed E-state index contributed by atoms with van der Waals surface area (Å²) in [4.78, 5) is 52.9. The van der Waals surface area contributed by atoms with Crippen LogP contribution in [0.25, 0.3) is 0 Å². The lowest BCUT2D eigenvalue weighted by molar-refractivity contribution is -0.144. The molecule has 0 saturated heterocycles. The molecule has 1 aliphatic rings. The first-order chi connectivity index (χ1) is 16.3. The van der Waals surface area contributed by atoms with Crippen molar-refractivity contribution in [1.29, 1.82) is 0 Å². The summed E-state index contributed by atoms with van der Waals surface area (Å²) >= 11 is 0. The molecule has 3 atom stereocenters. The number of phenolic OH excluding ortho intramolecular Hbond substituents is 1. The molecule has 3 unspecified atom stereocenters. The van der Waals surface area contributed by atoms with Crippen molar-refractivity contribution in [2.24, 2.45) is 5.73 Å². The molecule has 0 spiro atoms. The van der Waals surface area contributed by atoms with E-state index in [2.05, 4.69) is 10.6 Å². The molecule has 10 heteroatoms. The van der Waals surface area contributed by atoms with Crippen LogP contribution in [-0.2, 0) is 19.1 Å². The molecule has 0 heterocycles. The Hall–Kier alpha value is -3.30. The van der Waals surface area contributed by atoms with Gasteiger partial charge in [-0.15, -0.1) is 0 Å². The molecule has 4 amide bonds. The number of carbonyl (C=O) groups is 4. The molecule has 1 aromatic rings. The minimum Gasteiger partial charge on any atom is -0.508 e. The van der Waals surface area contributed by atoms with Gasteiger partial charge < -0.3 is 31.1 Å². The standard InChI is InChI=1S/C25H38N4O6/c1-6-8-15(2)27-22(32)21(16-9-7-10-18(30)13-16)29(17-11-12-17)23(33)19(14-20(26)31)28-24(34)35-25(3,4)5/h7,9-10,13,15,17,19,21,30H,6,8,11-12,14H2,1-5H3,(H2,26,31)(H,27,32)(H,28,34). The number of nitrogens with zero attached hydrogens (tertiary/aromatic N) is 1. The van der Waals surface area contributed by atoms with Crippen molar-refractivity contribution < 1.29 is 29.0 Å². The predicted molar refractivity (Wildman–Crippen MR) is 130 cm³/mol. The fourth-order valence-electron chi connectivity index (χ4n) is 3.86. The molecule has 1 aliphatic carbocycles. The number of nitrogens with one attached hydrogen (secondary N) is 2. The first-order valence-corrected chi connectivity index (χ1v) is 12.0. The monoisotopic (exact) mass is 490 g/mol. The largest absolute Gasteiger partial charge is 0.508 e. The van der Waals surface area contributed by atoms with Gasteiger partial charge in [0.05, 0.1) is 6.42 Å². The lowest BCUT2D eigenvalue weighted by Crippen LogP contribution is -2.55. The summed E-state index contributed by atoms with van der Waals surface area (Å²) in [5.41, 5.74) is 4.98. The van der Waals surface area contributed by atoms with Crippen molar-refractivity contribution in [2.45, 2.75) is 96.5 Å². The second-order valence-electron chi connectivity index (χ2n) is 10.0. The number of ether oxygens (including phenoxy) is 1. The van der Waals surface area contributed by atoms with Gasteiger partial charge in [0.15, 0.2) is 0 Å². The second kappa shape index (κ2) is 11.9. The van der Waals surface area contributed by atoms with E-state index in [0.29, 0.717) is 18.4 Å². The number of phenols is 1. The zero-order valence-corrected chi connectivity index (χ0v) is 21.2. The maximum atomic E-state index is 13.8. The van der Waals surface area contributed by atoms with Crippen molar-refractivity contribution in [2.75, 3.05) is 0 Å². The minimum absolute atomic E-state index is 0.0503. The highest BCUT2D eigenvalue weighted by atomic mass is 16.6. The van der Waals surface area contributed by atoms with Crippen LogP contribution in [-0.4, -0.2) is 57.5 Å². The zero-order chi connectivity index (χ0) is 26.3. The zero-order valence-electron chi connectivity index (χ0n) is 21.2. The van der Waals surface area contributed by atoms with Crippen LogP contribution in [0.4, 0.5) is 4.79 Å². The normalized spacial score (nSPS) is 15.9. The van der Waals surface area contributed by atoms with Gasteiger partial charge in [-0.1, -0.05) is 25.5 Å². The molecule has 0 aromatic heterocycles. The number of alkyl carbamates (subject to hydrolysis) is 1. The van der Waals surface area contributed by atoms with Crippen molar-refractivity contribution in [3.05, 3.63) is 29.8 Å². The van der Waals surface area contributed by atoms with Crippen LogP contribution < -0.4 is 16.4 Å². The summed E-state index contributed by atoms with van der Waals surface area (Å²) in [7, 11) is 0. The highest BCUT2D eigenvalue weighted by Gasteiger charge is 2.44. The van der Waals surface area contributed by atoms with E-state index in [4.69, 9.17) is 10.5 Å². The first-order valence-electron chi connectivity index (χ1n) is 12.0. The fourth-order valence-corrected chi connectivity index (χ4v) is 3.86. The number of aromatic hydroxyl groups is 1. The summed E-state index contributed by atoms with van der Waals surface area (Å²) in [6.45, 7) is 8.91. The highest BCUT2D eigenvalue weighted by Crippen LogP contribution is 2.36. The van der Waals surface area contributed by atoms with Gasteiger partial charge in [0.1, 0.15) is 23.4 Å². The molecule has 10 nitrogen and oxygen atoms in total. The topological polar surface area (TPSA) is 151 Å². The van der Waals surface area contributed by atoms with Crippen LogP contribution in [0.3, 0.4) is 0 Å². The van der Waals surface area contributed by atoms with Crippen LogP contribution in [0, 0.1) is 0 Å². The summed E-state index contributed by atoms with van der Waals surface area (Å²) < 4.78 is 5.26. The molecule has 1 fully saturated rings. The van der Waals surface area contributed by atoms with E-state index in [-0.39, 0.29) is 17.8 Å². The number of hydrogen-bond donors (Lipinski definition) is 4. The van der Waals surface area contributed by atoms with Crippen molar-refractivity contribution >= 4 is 23.8 Å². The van der Waals surface area contributed by atoms with Crippen LogP contribution in [0.2, 0.25) is 0 Å². The number of nitrogens with two attached hydrogens (primary N) is 1. The third-order valence-corrected chi connectivity index (χ3v) is 5.41. The molecule has 2 rings (SSSR count). The predicted octanol–water partition coefficient (Wildman–Crippen LogP) is 2.50. The fraction of sp³-hybridized carbons (Fsp3) is 0.600. The molecule has 5 N–H and O–H groups in total. The van der Waals surface area contributed by atoms with Gasteiger partial charge in [0, 0.05) is 12.1 Å². The molecule has 1 aromatic carbocycles. The summed E-state index contributed by atoms with van der Waals surface area (Å²) in [6.07, 6.45) is 1.61. The number of amides is 4. The Bertz CT molecular complexity index is 925. The molecule has 0 radical (unpaired) electrons. The Morgan fingerprint density at radius 2 is 1.86 bits per heavy atom. The summed E-state index contributed by atoms with van der Waals surface area (Å²) in [6, 6.07) is 3.36. The Balaban J connectivity index is 2.44. The third kappa shape index (κ3) is 8.77. The average molecular weight is 491 g/mol. The summed E-state index contributed by atoms with van der Waals surface area (Å²) in [5.74, 6) is -1.87. The lowest BCUT2D eigenvalue weighted by atomic mass is 10.0. The lowest BCUT2D eigenvalue weighted by Gasteiger charge is -2.35. The van der Waals surface area contributed by atoms with Gasteiger partial charge >= 0.3 is 6.09 Å². The molecule has 0 bridgehead atoms. The van der Waals surface area contributed by atoms with Crippen LogP contribution in [0.1, 0.15) is 78.3 Å². The van der Waals surface area contributed by atoms with E-state index in [1.54, 1.807) is 32.9 Å². The van der Waals surface area contributed by atoms with Gasteiger partial charge in [-0.05, 0) is 64.7 Å². The van der Waals surface area contributed by atoms with Gasteiger partial charge in [0.2, 0.25) is 17.7 Å². The van der Waals surface area contributed by atoms with Gasteiger partial charge in [-0.3, -0.25) is 14.4 Å². The Morgan fingerprint density at radius 3 is 2.37 bits per heavy atom. The van der Waals surface area contributed by atoms with Crippen LogP contribution >= 0.6 is 0 Å². The maximum absolute atomic E-state index is 13.8. The van der Waals surface area contributed by atoms with Gasteiger partial charge in [-0.2, -0.15) is 0 Å².